The van der Waals surface area contributed by atoms with Crippen LogP contribution in [0.4, 0.5) is 0 Å². The van der Waals surface area contributed by atoms with Crippen molar-refractivity contribution in [3.63, 3.8) is 0 Å². The molecule has 7 rings (SSSR count). The van der Waals surface area contributed by atoms with Crippen LogP contribution < -0.4 is 0 Å². The molecule has 0 aromatic heterocycles. The van der Waals surface area contributed by atoms with E-state index in [4.69, 9.17) is 0 Å². The first-order valence-corrected chi connectivity index (χ1v) is 14.2. The molecular formula is C39H30O3. The summed E-state index contributed by atoms with van der Waals surface area (Å²) >= 11 is 0. The molecule has 6 aromatic rings. The Hall–Kier alpha value is -5.28. The second-order valence-corrected chi connectivity index (χ2v) is 11.0. The van der Waals surface area contributed by atoms with E-state index in [9.17, 15) is 15.3 Å². The van der Waals surface area contributed by atoms with Crippen LogP contribution in [-0.2, 0) is 19.3 Å². The van der Waals surface area contributed by atoms with E-state index < -0.39 is 0 Å². The van der Waals surface area contributed by atoms with Crippen LogP contribution in [0.1, 0.15) is 33.4 Å². The van der Waals surface area contributed by atoms with Gasteiger partial charge in [0.05, 0.1) is 0 Å². The number of rotatable bonds is 3. The summed E-state index contributed by atoms with van der Waals surface area (Å²) < 4.78 is 0. The predicted molar refractivity (Wildman–Crippen MR) is 169 cm³/mol. The van der Waals surface area contributed by atoms with Crippen LogP contribution >= 0.6 is 0 Å². The third-order valence-electron chi connectivity index (χ3n) is 8.35. The fourth-order valence-electron chi connectivity index (χ4n) is 6.18. The third-order valence-corrected chi connectivity index (χ3v) is 8.35. The van der Waals surface area contributed by atoms with Crippen molar-refractivity contribution < 1.29 is 15.3 Å². The summed E-state index contributed by atoms with van der Waals surface area (Å²) in [5.74, 6) is 0.723. The zero-order valence-electron chi connectivity index (χ0n) is 23.1. The average Bonchev–Trinajstić information content (AvgIpc) is 3.07. The van der Waals surface area contributed by atoms with Gasteiger partial charge in [-0.15, -0.1) is 0 Å². The van der Waals surface area contributed by atoms with Gasteiger partial charge in [-0.1, -0.05) is 91.0 Å². The highest BCUT2D eigenvalue weighted by molar-refractivity contribution is 5.76. The smallest absolute Gasteiger partial charge is 0.123 e. The molecule has 0 aliphatic heterocycles. The summed E-state index contributed by atoms with van der Waals surface area (Å²) in [6.45, 7) is 0. The summed E-state index contributed by atoms with van der Waals surface area (Å²) in [7, 11) is 0. The maximum Gasteiger partial charge on any atom is 0.123 e. The fraction of sp³-hybridized carbons (Fsp3) is 0.0769. The minimum absolute atomic E-state index is 0.241. The maximum atomic E-state index is 11.2. The third kappa shape index (κ3) is 4.80. The molecule has 0 atom stereocenters. The monoisotopic (exact) mass is 546 g/mol. The van der Waals surface area contributed by atoms with Crippen LogP contribution in [0, 0.1) is 0 Å². The summed E-state index contributed by atoms with van der Waals surface area (Å²) in [6.07, 6.45) is 1.83. The Bertz CT molecular complexity index is 1680. The van der Waals surface area contributed by atoms with Crippen LogP contribution in [0.3, 0.4) is 0 Å². The van der Waals surface area contributed by atoms with Crippen molar-refractivity contribution in [2.45, 2.75) is 19.3 Å². The van der Waals surface area contributed by atoms with Gasteiger partial charge in [-0.25, -0.2) is 0 Å². The molecule has 0 heterocycles. The standard InChI is InChI=1S/C39H30O3/c40-37-22-31-17-29-20-35(26-12-6-2-7-13-26)39(42)24-33(29)18-30-21-36(27-14-8-3-9-15-27)38(41)23-32(30)16-28(31)19-34(37)25-10-4-1-5-11-25/h1-15,19-24,40-42H,16-18H2. The lowest BCUT2D eigenvalue weighted by molar-refractivity contribution is 0.475. The molecule has 0 saturated carbocycles. The Labute approximate surface area is 245 Å². The maximum absolute atomic E-state index is 11.2. The second-order valence-electron chi connectivity index (χ2n) is 11.0. The molecule has 204 valence electrons. The van der Waals surface area contributed by atoms with Crippen molar-refractivity contribution in [2.24, 2.45) is 0 Å². The lowest BCUT2D eigenvalue weighted by Crippen LogP contribution is -2.00. The lowest BCUT2D eigenvalue weighted by Gasteiger charge is -2.16. The first-order valence-electron chi connectivity index (χ1n) is 14.2. The molecule has 42 heavy (non-hydrogen) atoms. The van der Waals surface area contributed by atoms with E-state index in [2.05, 4.69) is 18.2 Å². The fourth-order valence-corrected chi connectivity index (χ4v) is 6.18. The van der Waals surface area contributed by atoms with Gasteiger partial charge in [0.25, 0.3) is 0 Å². The Morgan fingerprint density at radius 1 is 0.310 bits per heavy atom. The number of hydrogen-bond donors (Lipinski definition) is 3. The topological polar surface area (TPSA) is 60.7 Å². The molecule has 3 nitrogen and oxygen atoms in total. The molecule has 1 aliphatic rings. The molecule has 0 saturated heterocycles. The molecular weight excluding hydrogens is 516 g/mol. The van der Waals surface area contributed by atoms with E-state index in [1.54, 1.807) is 0 Å². The Balaban J connectivity index is 1.45. The molecule has 0 unspecified atom stereocenters. The summed E-state index contributed by atoms with van der Waals surface area (Å²) in [6, 6.07) is 41.7. The predicted octanol–water partition coefficient (Wildman–Crippen LogP) is 8.89. The van der Waals surface area contributed by atoms with Crippen LogP contribution in [0.5, 0.6) is 17.2 Å². The van der Waals surface area contributed by atoms with Gasteiger partial charge >= 0.3 is 0 Å². The largest absolute Gasteiger partial charge is 0.507 e. The highest BCUT2D eigenvalue weighted by Gasteiger charge is 2.21. The zero-order chi connectivity index (χ0) is 28.6. The summed E-state index contributed by atoms with van der Waals surface area (Å²) in [5.41, 5.74) is 11.6. The quantitative estimate of drug-likeness (QED) is 0.207. The van der Waals surface area contributed by atoms with Gasteiger partial charge in [-0.3, -0.25) is 0 Å². The van der Waals surface area contributed by atoms with E-state index in [1.165, 1.54) is 0 Å². The van der Waals surface area contributed by atoms with Crippen molar-refractivity contribution >= 4 is 0 Å². The van der Waals surface area contributed by atoms with Gasteiger partial charge in [-0.2, -0.15) is 0 Å². The SMILES string of the molecule is Oc1cc2c(cc1-c1ccccc1)Cc1cc(O)c(-c3ccccc3)cc1Cc1cc(O)c(-c3ccccc3)cc1C2. The second kappa shape index (κ2) is 10.6. The van der Waals surface area contributed by atoms with Crippen molar-refractivity contribution in [3.05, 3.63) is 161 Å². The molecule has 0 bridgehead atoms. The number of fused-ring (bicyclic) bond motifs is 3. The van der Waals surface area contributed by atoms with Crippen LogP contribution in [0.2, 0.25) is 0 Å². The molecule has 3 N–H and O–H groups in total. The summed E-state index contributed by atoms with van der Waals surface area (Å²) in [5, 5.41) is 33.6. The van der Waals surface area contributed by atoms with Gasteiger partial charge in [-0.05, 0) is 106 Å². The lowest BCUT2D eigenvalue weighted by atomic mass is 9.90. The highest BCUT2D eigenvalue weighted by Crippen LogP contribution is 2.41. The molecule has 0 fully saturated rings. The van der Waals surface area contributed by atoms with E-state index >= 15 is 0 Å². The van der Waals surface area contributed by atoms with Gasteiger partial charge < -0.3 is 15.3 Å². The van der Waals surface area contributed by atoms with Gasteiger partial charge in [0.1, 0.15) is 17.2 Å². The minimum atomic E-state index is 0.241. The van der Waals surface area contributed by atoms with E-state index in [0.717, 1.165) is 66.8 Å². The van der Waals surface area contributed by atoms with E-state index in [1.807, 2.05) is 109 Å². The van der Waals surface area contributed by atoms with Gasteiger partial charge in [0.15, 0.2) is 0 Å². The molecule has 0 radical (unpaired) electrons. The van der Waals surface area contributed by atoms with E-state index in [-0.39, 0.29) is 17.2 Å². The van der Waals surface area contributed by atoms with Crippen LogP contribution in [0.25, 0.3) is 33.4 Å². The van der Waals surface area contributed by atoms with Crippen molar-refractivity contribution in [1.29, 1.82) is 0 Å². The van der Waals surface area contributed by atoms with Gasteiger partial charge in [0, 0.05) is 16.7 Å². The first kappa shape index (κ1) is 25.7. The number of phenols is 3. The Morgan fingerprint density at radius 2 is 0.548 bits per heavy atom. The molecule has 0 spiro atoms. The summed E-state index contributed by atoms with van der Waals surface area (Å²) in [4.78, 5) is 0. The Kier molecular flexibility index (Phi) is 6.48. The number of aromatic hydroxyl groups is 3. The zero-order valence-corrected chi connectivity index (χ0v) is 23.1. The van der Waals surface area contributed by atoms with E-state index in [0.29, 0.717) is 19.3 Å². The molecule has 0 amide bonds. The normalized spacial score (nSPS) is 12.3. The highest BCUT2D eigenvalue weighted by atomic mass is 16.3. The molecule has 6 aromatic carbocycles. The van der Waals surface area contributed by atoms with Crippen molar-refractivity contribution in [2.75, 3.05) is 0 Å². The number of hydrogen-bond acceptors (Lipinski definition) is 3. The minimum Gasteiger partial charge on any atom is -0.507 e. The van der Waals surface area contributed by atoms with Crippen LogP contribution in [0.15, 0.2) is 127 Å². The number of phenolic OH excluding ortho intramolecular Hbond substituents is 3. The first-order chi connectivity index (χ1) is 20.5. The Morgan fingerprint density at radius 3 is 0.810 bits per heavy atom. The molecule has 3 heteroatoms. The van der Waals surface area contributed by atoms with Gasteiger partial charge in [0.2, 0.25) is 0 Å². The molecule has 1 aliphatic carbocycles. The number of benzene rings is 6. The van der Waals surface area contributed by atoms with Crippen molar-refractivity contribution in [3.8, 4) is 50.6 Å². The van der Waals surface area contributed by atoms with Crippen LogP contribution in [-0.4, -0.2) is 15.3 Å². The average molecular weight is 547 g/mol. The van der Waals surface area contributed by atoms with Crippen molar-refractivity contribution in [1.82, 2.24) is 0 Å².